The molecule has 2 aromatic rings. The number of hydrogen-bond acceptors (Lipinski definition) is 4. The minimum absolute atomic E-state index is 0.334. The van der Waals surface area contributed by atoms with Crippen LogP contribution in [0.4, 0.5) is 0 Å². The zero-order valence-electron chi connectivity index (χ0n) is 28.0. The van der Waals surface area contributed by atoms with Gasteiger partial charge in [0.1, 0.15) is 5.75 Å². The molecule has 2 N–H and O–H groups in total. The van der Waals surface area contributed by atoms with Crippen molar-refractivity contribution >= 4 is 34.7 Å². The molecule has 6 rings (SSSR count). The van der Waals surface area contributed by atoms with Gasteiger partial charge in [-0.3, -0.25) is 4.90 Å². The van der Waals surface area contributed by atoms with Gasteiger partial charge in [-0.25, -0.2) is 0 Å². The maximum atomic E-state index is 9.91. The molecule has 1 saturated carbocycles. The summed E-state index contributed by atoms with van der Waals surface area (Å²) in [6, 6.07) is 20.4. The summed E-state index contributed by atoms with van der Waals surface area (Å²) in [4.78, 5) is 10.5. The van der Waals surface area contributed by atoms with Crippen molar-refractivity contribution in [3.63, 3.8) is 0 Å². The van der Waals surface area contributed by atoms with E-state index in [1.54, 1.807) is 0 Å². The summed E-state index contributed by atoms with van der Waals surface area (Å²) in [5, 5.41) is 15.4. The summed E-state index contributed by atoms with van der Waals surface area (Å²) >= 11 is 12.3. The standard InChI is InChI=1S/C38H55N5OS2/c1-28(2)20-34(25-40-19-9-14-32(40)26-41-33(23-39-37(41)45)21-29-10-5-3-6-11-29)43-27-35(22-30-15-17-36(44)18-16-30)42(38(43)46)24-31-12-7-4-8-13-31/h3,5-6,10-11,15-18,28,31-35,44H,4,7-9,12-14,19-27H2,1-2H3,(H,39,45)/t32-,33+,34+,35+/m1/s1. The Morgan fingerprint density at radius 3 is 2.26 bits per heavy atom. The maximum Gasteiger partial charge on any atom is 0.172 e. The fourth-order valence-electron chi connectivity index (χ4n) is 8.55. The van der Waals surface area contributed by atoms with E-state index in [1.807, 2.05) is 12.1 Å². The molecule has 3 saturated heterocycles. The van der Waals surface area contributed by atoms with Gasteiger partial charge in [-0.2, -0.15) is 0 Å². The number of hydrogen-bond donors (Lipinski definition) is 2. The van der Waals surface area contributed by atoms with Crippen LogP contribution in [0.25, 0.3) is 0 Å². The van der Waals surface area contributed by atoms with Crippen molar-refractivity contribution in [3.8, 4) is 5.75 Å². The number of rotatable bonds is 13. The van der Waals surface area contributed by atoms with Crippen molar-refractivity contribution in [2.75, 3.05) is 39.3 Å². The van der Waals surface area contributed by atoms with Gasteiger partial charge in [0.25, 0.3) is 0 Å². The second kappa shape index (κ2) is 15.7. The Morgan fingerprint density at radius 2 is 1.52 bits per heavy atom. The lowest BCUT2D eigenvalue weighted by molar-refractivity contribution is 0.149. The number of nitrogens with one attached hydrogen (secondary N) is 1. The van der Waals surface area contributed by atoms with Crippen molar-refractivity contribution in [1.29, 1.82) is 0 Å². The van der Waals surface area contributed by atoms with Gasteiger partial charge in [-0.1, -0.05) is 75.6 Å². The molecule has 4 atom stereocenters. The normalized spacial score (nSPS) is 25.2. The summed E-state index contributed by atoms with van der Waals surface area (Å²) in [7, 11) is 0. The SMILES string of the molecule is CC(C)C[C@@H](CN1CCC[C@@H]1CN1C(=S)NC[C@@H]1Cc1ccccc1)N1C[C@H](Cc2ccc(O)cc2)N(CC2CCCCC2)C1=S. The van der Waals surface area contributed by atoms with E-state index >= 15 is 0 Å². The summed E-state index contributed by atoms with van der Waals surface area (Å²) in [6.45, 7) is 10.9. The van der Waals surface area contributed by atoms with Crippen LogP contribution in [-0.2, 0) is 12.8 Å². The minimum Gasteiger partial charge on any atom is -0.508 e. The van der Waals surface area contributed by atoms with Crippen molar-refractivity contribution in [1.82, 2.24) is 24.9 Å². The Morgan fingerprint density at radius 1 is 0.804 bits per heavy atom. The van der Waals surface area contributed by atoms with Gasteiger partial charge in [0.05, 0.1) is 12.1 Å². The van der Waals surface area contributed by atoms with E-state index in [-0.39, 0.29) is 0 Å². The zero-order valence-corrected chi connectivity index (χ0v) is 29.7. The summed E-state index contributed by atoms with van der Waals surface area (Å²) < 4.78 is 0. The van der Waals surface area contributed by atoms with Crippen LogP contribution >= 0.6 is 24.4 Å². The van der Waals surface area contributed by atoms with Crippen LogP contribution in [0.1, 0.15) is 76.3 Å². The van der Waals surface area contributed by atoms with Crippen LogP contribution in [0.3, 0.4) is 0 Å². The fourth-order valence-corrected chi connectivity index (χ4v) is 9.31. The number of thiocarbonyl (C=S) groups is 2. The summed E-state index contributed by atoms with van der Waals surface area (Å²) in [5.41, 5.74) is 2.66. The molecule has 46 heavy (non-hydrogen) atoms. The number of benzene rings is 2. The first-order valence-electron chi connectivity index (χ1n) is 18.0. The van der Waals surface area contributed by atoms with Crippen LogP contribution < -0.4 is 5.32 Å². The third kappa shape index (κ3) is 8.35. The molecule has 8 heteroatoms. The van der Waals surface area contributed by atoms with Crippen molar-refractivity contribution in [3.05, 3.63) is 65.7 Å². The van der Waals surface area contributed by atoms with E-state index in [1.165, 1.54) is 56.1 Å². The molecule has 0 spiro atoms. The average molecular weight is 662 g/mol. The molecule has 4 fully saturated rings. The van der Waals surface area contributed by atoms with E-state index in [4.69, 9.17) is 24.4 Å². The Kier molecular flexibility index (Phi) is 11.4. The molecule has 3 heterocycles. The van der Waals surface area contributed by atoms with Crippen LogP contribution in [0.15, 0.2) is 54.6 Å². The number of nitrogens with zero attached hydrogens (tertiary/aromatic N) is 4. The van der Waals surface area contributed by atoms with E-state index in [0.717, 1.165) is 74.7 Å². The smallest absolute Gasteiger partial charge is 0.172 e. The van der Waals surface area contributed by atoms with Gasteiger partial charge in [-0.05, 0) is 111 Å². The molecule has 0 amide bonds. The highest BCUT2D eigenvalue weighted by Crippen LogP contribution is 2.32. The molecular formula is C38H55N5OS2. The van der Waals surface area contributed by atoms with Crippen molar-refractivity contribution < 1.29 is 5.11 Å². The van der Waals surface area contributed by atoms with Gasteiger partial charge in [0.15, 0.2) is 10.2 Å². The van der Waals surface area contributed by atoms with Crippen LogP contribution in [0.5, 0.6) is 5.75 Å². The molecule has 1 aliphatic carbocycles. The molecule has 3 aliphatic heterocycles. The highest BCUT2D eigenvalue weighted by atomic mass is 32.1. The molecule has 4 aliphatic rings. The average Bonchev–Trinajstić information content (AvgIpc) is 3.73. The largest absolute Gasteiger partial charge is 0.508 e. The highest BCUT2D eigenvalue weighted by molar-refractivity contribution is 7.80. The molecule has 0 aromatic heterocycles. The lowest BCUT2D eigenvalue weighted by Crippen LogP contribution is -2.51. The van der Waals surface area contributed by atoms with Gasteiger partial charge < -0.3 is 25.1 Å². The van der Waals surface area contributed by atoms with Crippen LogP contribution in [0.2, 0.25) is 0 Å². The van der Waals surface area contributed by atoms with E-state index in [0.29, 0.717) is 35.8 Å². The lowest BCUT2D eigenvalue weighted by Gasteiger charge is -2.38. The van der Waals surface area contributed by atoms with Crippen molar-refractivity contribution in [2.24, 2.45) is 11.8 Å². The number of aromatic hydroxyl groups is 1. The van der Waals surface area contributed by atoms with Gasteiger partial charge in [0.2, 0.25) is 0 Å². The molecule has 0 bridgehead atoms. The van der Waals surface area contributed by atoms with Gasteiger partial charge in [-0.15, -0.1) is 0 Å². The predicted octanol–water partition coefficient (Wildman–Crippen LogP) is 6.47. The van der Waals surface area contributed by atoms with Crippen LogP contribution in [0, 0.1) is 11.8 Å². The Hall–Kier alpha value is -2.42. The minimum atomic E-state index is 0.334. The second-order valence-corrected chi connectivity index (χ2v) is 15.6. The monoisotopic (exact) mass is 661 g/mol. The number of phenolic OH excluding ortho intramolecular Hbond substituents is 1. The van der Waals surface area contributed by atoms with Gasteiger partial charge >= 0.3 is 0 Å². The second-order valence-electron chi connectivity index (χ2n) is 14.9. The number of likely N-dealkylation sites (tertiary alicyclic amines) is 1. The molecule has 250 valence electrons. The van der Waals surface area contributed by atoms with E-state index in [9.17, 15) is 5.11 Å². The third-order valence-electron chi connectivity index (χ3n) is 11.0. The van der Waals surface area contributed by atoms with E-state index in [2.05, 4.69) is 81.2 Å². The quantitative estimate of drug-likeness (QED) is 0.237. The Bertz CT molecular complexity index is 1280. The van der Waals surface area contributed by atoms with Crippen LogP contribution in [-0.4, -0.2) is 98.4 Å². The molecule has 6 nitrogen and oxygen atoms in total. The molecular weight excluding hydrogens is 607 g/mol. The summed E-state index contributed by atoms with van der Waals surface area (Å²) in [6.07, 6.45) is 12.4. The molecule has 0 radical (unpaired) electrons. The third-order valence-corrected chi connectivity index (χ3v) is 11.8. The first kappa shape index (κ1) is 33.5. The highest BCUT2D eigenvalue weighted by Gasteiger charge is 2.41. The zero-order chi connectivity index (χ0) is 32.0. The Balaban J connectivity index is 1.16. The first-order valence-corrected chi connectivity index (χ1v) is 18.8. The van der Waals surface area contributed by atoms with E-state index < -0.39 is 0 Å². The maximum absolute atomic E-state index is 9.91. The lowest BCUT2D eigenvalue weighted by atomic mass is 9.88. The molecule has 2 aromatic carbocycles. The number of phenols is 1. The molecule has 0 unspecified atom stereocenters. The topological polar surface area (TPSA) is 45.2 Å². The fraction of sp³-hybridized carbons (Fsp3) is 0.632. The predicted molar refractivity (Wildman–Crippen MR) is 197 cm³/mol. The first-order chi connectivity index (χ1) is 22.3. The van der Waals surface area contributed by atoms with Gasteiger partial charge in [0, 0.05) is 44.8 Å². The Labute approximate surface area is 288 Å². The summed E-state index contributed by atoms with van der Waals surface area (Å²) in [5.74, 6) is 1.67. The van der Waals surface area contributed by atoms with Crippen molar-refractivity contribution in [2.45, 2.75) is 102 Å².